The highest BCUT2D eigenvalue weighted by molar-refractivity contribution is 7.90. The molecule has 2 aromatic carbocycles. The molecule has 3 rings (SSSR count). The highest BCUT2D eigenvalue weighted by atomic mass is 32.2. The van der Waals surface area contributed by atoms with E-state index in [4.69, 9.17) is 4.74 Å². The van der Waals surface area contributed by atoms with Gasteiger partial charge < -0.3 is 10.1 Å². The van der Waals surface area contributed by atoms with Gasteiger partial charge in [0.15, 0.2) is 0 Å². The molecule has 0 fully saturated rings. The van der Waals surface area contributed by atoms with Crippen LogP contribution in [0.3, 0.4) is 0 Å². The molecule has 1 atom stereocenters. The Balaban J connectivity index is 1.68. The second-order valence-corrected chi connectivity index (χ2v) is 7.93. The first-order chi connectivity index (χ1) is 12.8. The molecule has 2 aromatic rings. The van der Waals surface area contributed by atoms with Crippen LogP contribution in [-0.2, 0) is 14.8 Å². The van der Waals surface area contributed by atoms with E-state index < -0.39 is 28.4 Å². The number of sulfonamides is 1. The van der Waals surface area contributed by atoms with Crippen molar-refractivity contribution in [2.24, 2.45) is 0 Å². The maximum Gasteiger partial charge on any atom is 0.269 e. The topological polar surface area (TPSA) is 92.8 Å². The van der Waals surface area contributed by atoms with E-state index in [1.807, 2.05) is 19.1 Å². The SMILES string of the molecule is CCOc1ccc([C@H](C)NC(=O)CN2C(=O)c3ccccc3S2(=O)=O)cc1. The lowest BCUT2D eigenvalue weighted by molar-refractivity contribution is -0.121. The zero-order chi connectivity index (χ0) is 19.6. The van der Waals surface area contributed by atoms with E-state index in [1.54, 1.807) is 31.2 Å². The molecule has 0 aromatic heterocycles. The van der Waals surface area contributed by atoms with Crippen LogP contribution in [0.5, 0.6) is 5.75 Å². The Morgan fingerprint density at radius 1 is 1.15 bits per heavy atom. The third kappa shape index (κ3) is 3.66. The summed E-state index contributed by atoms with van der Waals surface area (Å²) in [5.41, 5.74) is 0.926. The molecule has 2 amide bonds. The maximum absolute atomic E-state index is 12.5. The molecule has 8 heteroatoms. The number of hydrogen-bond donors (Lipinski definition) is 1. The number of hydrogen-bond acceptors (Lipinski definition) is 5. The molecular formula is C19H20N2O5S. The van der Waals surface area contributed by atoms with Crippen LogP contribution < -0.4 is 10.1 Å². The van der Waals surface area contributed by atoms with Gasteiger partial charge in [0, 0.05) is 0 Å². The van der Waals surface area contributed by atoms with Crippen LogP contribution in [0, 0.1) is 0 Å². The van der Waals surface area contributed by atoms with Crippen molar-refractivity contribution in [3.8, 4) is 5.75 Å². The number of ether oxygens (including phenoxy) is 1. The van der Waals surface area contributed by atoms with Crippen LogP contribution >= 0.6 is 0 Å². The van der Waals surface area contributed by atoms with E-state index in [9.17, 15) is 18.0 Å². The minimum absolute atomic E-state index is 0.0673. The van der Waals surface area contributed by atoms with Gasteiger partial charge in [0.05, 0.1) is 18.2 Å². The molecule has 1 N–H and O–H groups in total. The molecule has 27 heavy (non-hydrogen) atoms. The molecule has 0 saturated carbocycles. The van der Waals surface area contributed by atoms with Crippen molar-refractivity contribution in [1.29, 1.82) is 0 Å². The van der Waals surface area contributed by atoms with Crippen LogP contribution in [0.1, 0.15) is 35.8 Å². The van der Waals surface area contributed by atoms with Gasteiger partial charge in [-0.05, 0) is 43.7 Å². The number of benzene rings is 2. The number of rotatable bonds is 6. The predicted molar refractivity (Wildman–Crippen MR) is 98.8 cm³/mol. The third-order valence-corrected chi connectivity index (χ3v) is 6.05. The molecule has 0 spiro atoms. The van der Waals surface area contributed by atoms with Gasteiger partial charge in [-0.25, -0.2) is 12.7 Å². The number of carbonyl (C=O) groups excluding carboxylic acids is 2. The van der Waals surface area contributed by atoms with Crippen molar-refractivity contribution in [1.82, 2.24) is 9.62 Å². The monoisotopic (exact) mass is 388 g/mol. The number of amides is 2. The van der Waals surface area contributed by atoms with Gasteiger partial charge >= 0.3 is 0 Å². The first-order valence-electron chi connectivity index (χ1n) is 8.52. The van der Waals surface area contributed by atoms with Crippen LogP contribution in [0.25, 0.3) is 0 Å². The molecule has 7 nitrogen and oxygen atoms in total. The minimum Gasteiger partial charge on any atom is -0.494 e. The average molecular weight is 388 g/mol. The van der Waals surface area contributed by atoms with Crippen LogP contribution in [-0.4, -0.2) is 37.7 Å². The Kier molecular flexibility index (Phi) is 5.18. The maximum atomic E-state index is 12.5. The van der Waals surface area contributed by atoms with E-state index in [-0.39, 0.29) is 16.5 Å². The van der Waals surface area contributed by atoms with Gasteiger partial charge in [0.25, 0.3) is 15.9 Å². The quantitative estimate of drug-likeness (QED) is 0.818. The van der Waals surface area contributed by atoms with Crippen molar-refractivity contribution in [3.63, 3.8) is 0 Å². The summed E-state index contributed by atoms with van der Waals surface area (Å²) in [6.07, 6.45) is 0. The number of carbonyl (C=O) groups is 2. The van der Waals surface area contributed by atoms with E-state index in [1.165, 1.54) is 12.1 Å². The molecule has 0 unspecified atom stereocenters. The van der Waals surface area contributed by atoms with Crippen LogP contribution in [0.15, 0.2) is 53.4 Å². The molecular weight excluding hydrogens is 368 g/mol. The number of nitrogens with one attached hydrogen (secondary N) is 1. The van der Waals surface area contributed by atoms with E-state index in [0.717, 1.165) is 11.3 Å². The molecule has 0 aliphatic carbocycles. The normalized spacial score (nSPS) is 15.9. The molecule has 1 heterocycles. The van der Waals surface area contributed by atoms with Crippen molar-refractivity contribution in [2.75, 3.05) is 13.2 Å². The van der Waals surface area contributed by atoms with Gasteiger partial charge in [-0.1, -0.05) is 24.3 Å². The Bertz CT molecular complexity index is 970. The minimum atomic E-state index is -4.00. The Hall–Kier alpha value is -2.87. The third-order valence-electron chi connectivity index (χ3n) is 4.27. The second-order valence-electron chi connectivity index (χ2n) is 6.10. The van der Waals surface area contributed by atoms with Crippen LogP contribution in [0.2, 0.25) is 0 Å². The summed E-state index contributed by atoms with van der Waals surface area (Å²) in [5, 5.41) is 2.72. The summed E-state index contributed by atoms with van der Waals surface area (Å²) >= 11 is 0. The average Bonchev–Trinajstić information content (AvgIpc) is 2.84. The zero-order valence-electron chi connectivity index (χ0n) is 15.0. The highest BCUT2D eigenvalue weighted by Crippen LogP contribution is 2.29. The molecule has 0 radical (unpaired) electrons. The molecule has 142 valence electrons. The molecule has 1 aliphatic rings. The lowest BCUT2D eigenvalue weighted by Gasteiger charge is -2.18. The summed E-state index contributed by atoms with van der Waals surface area (Å²) in [4.78, 5) is 24.6. The largest absolute Gasteiger partial charge is 0.494 e. The van der Waals surface area contributed by atoms with Crippen molar-refractivity contribution < 1.29 is 22.7 Å². The van der Waals surface area contributed by atoms with Crippen molar-refractivity contribution in [3.05, 3.63) is 59.7 Å². The Labute approximate surface area is 158 Å². The van der Waals surface area contributed by atoms with E-state index in [0.29, 0.717) is 10.9 Å². The first-order valence-corrected chi connectivity index (χ1v) is 9.97. The van der Waals surface area contributed by atoms with E-state index in [2.05, 4.69) is 5.32 Å². The lowest BCUT2D eigenvalue weighted by Crippen LogP contribution is -2.41. The summed E-state index contributed by atoms with van der Waals surface area (Å²) in [7, 11) is -4.00. The van der Waals surface area contributed by atoms with Gasteiger partial charge in [-0.3, -0.25) is 9.59 Å². The molecule has 0 saturated heterocycles. The number of fused-ring (bicyclic) bond motifs is 1. The first kappa shape index (κ1) is 18.9. The molecule has 1 aliphatic heterocycles. The summed E-state index contributed by atoms with van der Waals surface area (Å²) < 4.78 is 31.0. The zero-order valence-corrected chi connectivity index (χ0v) is 15.8. The van der Waals surface area contributed by atoms with Gasteiger partial charge in [-0.2, -0.15) is 0 Å². The Morgan fingerprint density at radius 2 is 1.81 bits per heavy atom. The summed E-state index contributed by atoms with van der Waals surface area (Å²) in [5.74, 6) is -0.512. The van der Waals surface area contributed by atoms with Crippen molar-refractivity contribution >= 4 is 21.8 Å². The van der Waals surface area contributed by atoms with Gasteiger partial charge in [-0.15, -0.1) is 0 Å². The lowest BCUT2D eigenvalue weighted by atomic mass is 10.1. The fourth-order valence-electron chi connectivity index (χ4n) is 2.91. The summed E-state index contributed by atoms with van der Waals surface area (Å²) in [6, 6.07) is 12.8. The number of nitrogens with zero attached hydrogens (tertiary/aromatic N) is 1. The van der Waals surface area contributed by atoms with Crippen LogP contribution in [0.4, 0.5) is 0 Å². The standard InChI is InChI=1S/C19H20N2O5S/c1-3-26-15-10-8-14(9-11-15)13(2)20-18(22)12-21-19(23)16-6-4-5-7-17(16)27(21,24)25/h4-11,13H,3,12H2,1-2H3,(H,20,22)/t13-/m0/s1. The fraction of sp³-hybridized carbons (Fsp3) is 0.263. The highest BCUT2D eigenvalue weighted by Gasteiger charge is 2.41. The second kappa shape index (κ2) is 7.40. The summed E-state index contributed by atoms with van der Waals surface area (Å²) in [6.45, 7) is 3.68. The smallest absolute Gasteiger partial charge is 0.269 e. The van der Waals surface area contributed by atoms with E-state index >= 15 is 0 Å². The van der Waals surface area contributed by atoms with Crippen molar-refractivity contribution in [2.45, 2.75) is 24.8 Å². The molecule has 0 bridgehead atoms. The van der Waals surface area contributed by atoms with Gasteiger partial charge in [0.1, 0.15) is 17.2 Å². The fourth-order valence-corrected chi connectivity index (χ4v) is 4.43. The van der Waals surface area contributed by atoms with Gasteiger partial charge in [0.2, 0.25) is 5.91 Å². The predicted octanol–water partition coefficient (Wildman–Crippen LogP) is 2.11. The Morgan fingerprint density at radius 3 is 2.44 bits per heavy atom.